The molecular weight excluding hydrogens is 316 g/mol. The number of methoxy groups -OCH3 is 1. The highest BCUT2D eigenvalue weighted by Crippen LogP contribution is 2.34. The van der Waals surface area contributed by atoms with Gasteiger partial charge in [0.05, 0.1) is 25.2 Å². The Morgan fingerprint density at radius 3 is 2.76 bits per heavy atom. The van der Waals surface area contributed by atoms with Gasteiger partial charge < -0.3 is 20.1 Å². The lowest BCUT2D eigenvalue weighted by Gasteiger charge is -2.20. The Labute approximate surface area is 150 Å². The molecule has 0 bridgehead atoms. The summed E-state index contributed by atoms with van der Waals surface area (Å²) in [5, 5.41) is 15.3. The lowest BCUT2D eigenvalue weighted by atomic mass is 10.1. The zero-order valence-corrected chi connectivity index (χ0v) is 15.3. The molecule has 1 unspecified atom stereocenters. The summed E-state index contributed by atoms with van der Waals surface area (Å²) in [6.07, 6.45) is 4.91. The van der Waals surface area contributed by atoms with Crippen LogP contribution in [0, 0.1) is 17.2 Å². The lowest BCUT2D eigenvalue weighted by molar-refractivity contribution is 0.198. The molecule has 1 fully saturated rings. The van der Waals surface area contributed by atoms with E-state index in [1.807, 2.05) is 25.1 Å². The zero-order chi connectivity index (χ0) is 18.1. The molecule has 6 heteroatoms. The maximum absolute atomic E-state index is 8.88. The minimum Gasteiger partial charge on any atom is -0.493 e. The maximum atomic E-state index is 8.88. The Balaban J connectivity index is 2.03. The second-order valence-corrected chi connectivity index (χ2v) is 6.31. The minimum absolute atomic E-state index is 0.0726. The zero-order valence-electron chi connectivity index (χ0n) is 15.3. The molecule has 1 aromatic carbocycles. The van der Waals surface area contributed by atoms with Crippen LogP contribution in [0.25, 0.3) is 0 Å². The molecular formula is C19H28N4O2. The Hall–Kier alpha value is -2.42. The maximum Gasteiger partial charge on any atom is 0.191 e. The van der Waals surface area contributed by atoms with Gasteiger partial charge in [-0.3, -0.25) is 4.99 Å². The first kappa shape index (κ1) is 18.9. The number of ether oxygens (including phenoxy) is 2. The molecule has 6 nitrogen and oxygen atoms in total. The van der Waals surface area contributed by atoms with Gasteiger partial charge >= 0.3 is 0 Å². The quantitative estimate of drug-likeness (QED) is 0.587. The first-order valence-electron chi connectivity index (χ1n) is 8.84. The van der Waals surface area contributed by atoms with Crippen LogP contribution in [0.15, 0.2) is 23.2 Å². The van der Waals surface area contributed by atoms with Crippen molar-refractivity contribution in [3.05, 3.63) is 23.8 Å². The van der Waals surface area contributed by atoms with E-state index in [0.717, 1.165) is 29.9 Å². The van der Waals surface area contributed by atoms with Crippen LogP contribution in [0.1, 0.15) is 38.2 Å². The third-order valence-electron chi connectivity index (χ3n) is 4.33. The van der Waals surface area contributed by atoms with Crippen LogP contribution in [0.3, 0.4) is 0 Å². The highest BCUT2D eigenvalue weighted by Gasteiger charge is 2.20. The van der Waals surface area contributed by atoms with Crippen LogP contribution in [0.5, 0.6) is 11.5 Å². The van der Waals surface area contributed by atoms with Crippen molar-refractivity contribution in [1.82, 2.24) is 10.6 Å². The average molecular weight is 344 g/mol. The number of para-hydroxylation sites is 1. The normalized spacial score (nSPS) is 16.2. The van der Waals surface area contributed by atoms with Crippen molar-refractivity contribution in [2.75, 3.05) is 20.7 Å². The number of hydrogen-bond acceptors (Lipinski definition) is 4. The summed E-state index contributed by atoms with van der Waals surface area (Å²) in [5.74, 6) is 2.16. The summed E-state index contributed by atoms with van der Waals surface area (Å²) in [4.78, 5) is 4.20. The number of aliphatic imine (C=N–C) groups is 1. The molecule has 1 aromatic rings. The van der Waals surface area contributed by atoms with Crippen LogP contribution < -0.4 is 20.1 Å². The van der Waals surface area contributed by atoms with Gasteiger partial charge in [0.2, 0.25) is 0 Å². The SMILES string of the molecule is CN=C(NCc1cccc(OC)c1OC1CCCC1)NCC(C)C#N. The van der Waals surface area contributed by atoms with Crippen molar-refractivity contribution < 1.29 is 9.47 Å². The number of guanidine groups is 1. The van der Waals surface area contributed by atoms with Crippen LogP contribution >= 0.6 is 0 Å². The van der Waals surface area contributed by atoms with Gasteiger partial charge in [-0.25, -0.2) is 0 Å². The average Bonchev–Trinajstić information content (AvgIpc) is 3.15. The molecule has 1 aliphatic carbocycles. The van der Waals surface area contributed by atoms with Crippen molar-refractivity contribution in [3.63, 3.8) is 0 Å². The van der Waals surface area contributed by atoms with E-state index in [1.54, 1.807) is 14.2 Å². The predicted molar refractivity (Wildman–Crippen MR) is 98.9 cm³/mol. The van der Waals surface area contributed by atoms with Gasteiger partial charge in [0.25, 0.3) is 0 Å². The fourth-order valence-corrected chi connectivity index (χ4v) is 2.86. The Kier molecular flexibility index (Phi) is 7.39. The topological polar surface area (TPSA) is 78.7 Å². The van der Waals surface area contributed by atoms with Gasteiger partial charge in [-0.05, 0) is 38.7 Å². The van der Waals surface area contributed by atoms with Crippen molar-refractivity contribution in [3.8, 4) is 17.6 Å². The molecule has 2 N–H and O–H groups in total. The molecule has 0 spiro atoms. The van der Waals surface area contributed by atoms with Crippen LogP contribution in [-0.2, 0) is 6.54 Å². The molecule has 0 heterocycles. The molecule has 0 aliphatic heterocycles. The highest BCUT2D eigenvalue weighted by molar-refractivity contribution is 5.79. The van der Waals surface area contributed by atoms with Gasteiger partial charge in [0.1, 0.15) is 0 Å². The third-order valence-corrected chi connectivity index (χ3v) is 4.33. The second kappa shape index (κ2) is 9.77. The molecule has 0 aromatic heterocycles. The number of benzene rings is 1. The second-order valence-electron chi connectivity index (χ2n) is 6.31. The summed E-state index contributed by atoms with van der Waals surface area (Å²) < 4.78 is 11.7. The van der Waals surface area contributed by atoms with Crippen LogP contribution in [-0.4, -0.2) is 32.8 Å². The van der Waals surface area contributed by atoms with E-state index in [4.69, 9.17) is 14.7 Å². The summed E-state index contributed by atoms with van der Waals surface area (Å²) in [6, 6.07) is 8.12. The molecule has 136 valence electrons. The van der Waals surface area contributed by atoms with Crippen LogP contribution in [0.4, 0.5) is 0 Å². The Morgan fingerprint density at radius 1 is 1.36 bits per heavy atom. The molecule has 0 amide bonds. The summed E-state index contributed by atoms with van der Waals surface area (Å²) in [6.45, 7) is 3.00. The molecule has 1 atom stereocenters. The first-order valence-corrected chi connectivity index (χ1v) is 8.84. The summed E-state index contributed by atoms with van der Waals surface area (Å²) in [7, 11) is 3.38. The largest absolute Gasteiger partial charge is 0.493 e. The summed E-state index contributed by atoms with van der Waals surface area (Å²) >= 11 is 0. The van der Waals surface area contributed by atoms with Gasteiger partial charge in [0.15, 0.2) is 17.5 Å². The smallest absolute Gasteiger partial charge is 0.191 e. The first-order chi connectivity index (χ1) is 12.2. The standard InChI is InChI=1S/C19H28N4O2/c1-14(11-20)12-22-19(21-2)23-13-15-7-6-10-17(24-3)18(15)25-16-8-4-5-9-16/h6-7,10,14,16H,4-5,8-9,12-13H2,1-3H3,(H2,21,22,23). The Bertz CT molecular complexity index is 618. The molecule has 1 aliphatic rings. The van der Waals surface area contributed by atoms with E-state index in [9.17, 15) is 0 Å². The number of nitrogens with one attached hydrogen (secondary N) is 2. The monoisotopic (exact) mass is 344 g/mol. The van der Waals surface area contributed by atoms with Crippen LogP contribution in [0.2, 0.25) is 0 Å². The third kappa shape index (κ3) is 5.56. The van der Waals surface area contributed by atoms with Crippen molar-refractivity contribution in [2.24, 2.45) is 10.9 Å². The number of rotatable bonds is 7. The van der Waals surface area contributed by atoms with Gasteiger partial charge in [-0.2, -0.15) is 5.26 Å². The van der Waals surface area contributed by atoms with E-state index in [2.05, 4.69) is 21.7 Å². The number of nitriles is 1. The van der Waals surface area contributed by atoms with E-state index in [0.29, 0.717) is 19.0 Å². The molecule has 2 rings (SSSR count). The van der Waals surface area contributed by atoms with E-state index < -0.39 is 0 Å². The molecule has 25 heavy (non-hydrogen) atoms. The number of hydrogen-bond donors (Lipinski definition) is 2. The highest BCUT2D eigenvalue weighted by atomic mass is 16.5. The minimum atomic E-state index is -0.0726. The van der Waals surface area contributed by atoms with Crippen molar-refractivity contribution in [1.29, 1.82) is 5.26 Å². The fourth-order valence-electron chi connectivity index (χ4n) is 2.86. The van der Waals surface area contributed by atoms with Gasteiger partial charge in [-0.15, -0.1) is 0 Å². The van der Waals surface area contributed by atoms with E-state index in [-0.39, 0.29) is 12.0 Å². The molecule has 1 saturated carbocycles. The van der Waals surface area contributed by atoms with Gasteiger partial charge in [0, 0.05) is 25.7 Å². The number of nitrogens with zero attached hydrogens (tertiary/aromatic N) is 2. The fraction of sp³-hybridized carbons (Fsp3) is 0.579. The summed E-state index contributed by atoms with van der Waals surface area (Å²) in [5.41, 5.74) is 1.03. The van der Waals surface area contributed by atoms with E-state index >= 15 is 0 Å². The van der Waals surface area contributed by atoms with Gasteiger partial charge in [-0.1, -0.05) is 12.1 Å². The lowest BCUT2D eigenvalue weighted by Crippen LogP contribution is -2.38. The predicted octanol–water partition coefficient (Wildman–Crippen LogP) is 2.84. The van der Waals surface area contributed by atoms with Crippen molar-refractivity contribution in [2.45, 2.75) is 45.3 Å². The Morgan fingerprint density at radius 2 is 2.12 bits per heavy atom. The van der Waals surface area contributed by atoms with E-state index in [1.165, 1.54) is 12.8 Å². The molecule has 0 saturated heterocycles. The van der Waals surface area contributed by atoms with Crippen molar-refractivity contribution >= 4 is 5.96 Å². The molecule has 0 radical (unpaired) electrons.